The second-order valence-electron chi connectivity index (χ2n) is 8.54. The lowest BCUT2D eigenvalue weighted by Gasteiger charge is -2.54. The highest BCUT2D eigenvalue weighted by molar-refractivity contribution is 5.76. The van der Waals surface area contributed by atoms with Gasteiger partial charge in [0, 0.05) is 13.0 Å². The topological polar surface area (TPSA) is 54.0 Å². The molecule has 0 aromatic rings. The maximum absolute atomic E-state index is 12.5. The van der Waals surface area contributed by atoms with E-state index in [0.29, 0.717) is 17.6 Å². The number of hydrogen-bond acceptors (Lipinski definition) is 5. The van der Waals surface area contributed by atoms with E-state index in [9.17, 15) is 4.79 Å². The Morgan fingerprint density at radius 1 is 1.36 bits per heavy atom. The SMILES string of the molecule is C=C(OC)[C@]12C=CC[C@H]3[C@H]4[C@@H](C[C@@H](OCOC)[C@@]31OC(=O)C2)C4(C)C. The number of esters is 1. The van der Waals surface area contributed by atoms with Crippen LogP contribution in [-0.2, 0) is 23.7 Å². The summed E-state index contributed by atoms with van der Waals surface area (Å²) in [7, 11) is 3.23. The molecule has 4 aliphatic rings. The molecule has 3 fully saturated rings. The van der Waals surface area contributed by atoms with Crippen LogP contribution in [0.3, 0.4) is 0 Å². The van der Waals surface area contributed by atoms with E-state index in [-0.39, 0.29) is 36.6 Å². The van der Waals surface area contributed by atoms with Gasteiger partial charge in [0.15, 0.2) is 5.60 Å². The van der Waals surface area contributed by atoms with Gasteiger partial charge in [0.05, 0.1) is 18.9 Å². The second kappa shape index (κ2) is 5.34. The predicted molar refractivity (Wildman–Crippen MR) is 91.4 cm³/mol. The molecule has 0 radical (unpaired) electrons. The van der Waals surface area contributed by atoms with Crippen molar-refractivity contribution in [2.75, 3.05) is 21.0 Å². The average molecular weight is 348 g/mol. The molecule has 25 heavy (non-hydrogen) atoms. The number of fused-ring (bicyclic) bond motifs is 2. The van der Waals surface area contributed by atoms with Gasteiger partial charge in [0.25, 0.3) is 0 Å². The maximum atomic E-state index is 12.5. The molecule has 0 N–H and O–H groups in total. The number of methoxy groups -OCH3 is 2. The Kier molecular flexibility index (Phi) is 3.65. The minimum atomic E-state index is -0.751. The number of rotatable bonds is 5. The fraction of sp³-hybridized carbons (Fsp3) is 0.750. The minimum Gasteiger partial charge on any atom is -0.501 e. The molecule has 4 rings (SSSR count). The Morgan fingerprint density at radius 3 is 2.80 bits per heavy atom. The molecule has 1 saturated heterocycles. The molecule has 138 valence electrons. The van der Waals surface area contributed by atoms with Crippen LogP contribution in [0.15, 0.2) is 24.5 Å². The van der Waals surface area contributed by atoms with Gasteiger partial charge in [0.1, 0.15) is 18.7 Å². The van der Waals surface area contributed by atoms with Crippen LogP contribution in [0.2, 0.25) is 0 Å². The summed E-state index contributed by atoms with van der Waals surface area (Å²) < 4.78 is 23.1. The van der Waals surface area contributed by atoms with Crippen molar-refractivity contribution in [2.45, 2.75) is 44.8 Å². The third-order valence-corrected chi connectivity index (χ3v) is 7.40. The summed E-state index contributed by atoms with van der Waals surface area (Å²) in [6.45, 7) is 8.97. The number of carbonyl (C=O) groups excluding carboxylic acids is 1. The summed E-state index contributed by atoms with van der Waals surface area (Å²) in [4.78, 5) is 12.5. The zero-order valence-corrected chi connectivity index (χ0v) is 15.5. The molecule has 0 aromatic carbocycles. The Balaban J connectivity index is 1.86. The van der Waals surface area contributed by atoms with E-state index in [1.807, 2.05) is 0 Å². The third-order valence-electron chi connectivity index (χ3n) is 7.40. The molecule has 6 atom stereocenters. The maximum Gasteiger partial charge on any atom is 0.308 e. The number of carbonyl (C=O) groups is 1. The standard InChI is InChI=1S/C20H28O5/c1-12(23-5)19-8-6-7-13-17-14(18(17,2)3)9-15(24-11-22-4)20(13,19)25-16(21)10-19/h6,8,13-15,17H,1,7,9-11H2,2-5H3/t13-,14+,15+,17-,19+,20-/m0/s1. The molecule has 0 aromatic heterocycles. The minimum absolute atomic E-state index is 0.188. The summed E-state index contributed by atoms with van der Waals surface area (Å²) >= 11 is 0. The van der Waals surface area contributed by atoms with Gasteiger partial charge in [-0.3, -0.25) is 4.79 Å². The number of ether oxygens (including phenoxy) is 4. The predicted octanol–water partition coefficient (Wildman–Crippen LogP) is 3.06. The highest BCUT2D eigenvalue weighted by Gasteiger charge is 2.79. The van der Waals surface area contributed by atoms with E-state index < -0.39 is 11.0 Å². The van der Waals surface area contributed by atoms with Crippen molar-refractivity contribution >= 4 is 5.97 Å². The van der Waals surface area contributed by atoms with Crippen molar-refractivity contribution in [3.63, 3.8) is 0 Å². The summed E-state index contributed by atoms with van der Waals surface area (Å²) in [5.74, 6) is 1.71. The van der Waals surface area contributed by atoms with Crippen molar-refractivity contribution in [3.05, 3.63) is 24.5 Å². The number of allylic oxidation sites excluding steroid dienone is 1. The third kappa shape index (κ3) is 1.94. The molecule has 0 bridgehead atoms. The Bertz CT molecular complexity index is 638. The first kappa shape index (κ1) is 17.1. The lowest BCUT2D eigenvalue weighted by molar-refractivity contribution is -0.226. The van der Waals surface area contributed by atoms with Gasteiger partial charge < -0.3 is 18.9 Å². The van der Waals surface area contributed by atoms with Crippen LogP contribution < -0.4 is 0 Å². The molecular weight excluding hydrogens is 320 g/mol. The zero-order valence-electron chi connectivity index (χ0n) is 15.5. The van der Waals surface area contributed by atoms with Gasteiger partial charge in [-0.05, 0) is 30.1 Å². The molecule has 5 nitrogen and oxygen atoms in total. The smallest absolute Gasteiger partial charge is 0.308 e. The van der Waals surface area contributed by atoms with Gasteiger partial charge in [-0.2, -0.15) is 0 Å². The molecule has 2 saturated carbocycles. The first-order valence-electron chi connectivity index (χ1n) is 9.08. The normalized spacial score (nSPS) is 45.8. The molecule has 1 heterocycles. The van der Waals surface area contributed by atoms with Crippen LogP contribution in [0, 0.1) is 28.6 Å². The van der Waals surface area contributed by atoms with Crippen molar-refractivity contribution in [1.82, 2.24) is 0 Å². The fourth-order valence-electron chi connectivity index (χ4n) is 6.25. The van der Waals surface area contributed by atoms with E-state index in [4.69, 9.17) is 18.9 Å². The monoisotopic (exact) mass is 348 g/mol. The van der Waals surface area contributed by atoms with Crippen molar-refractivity contribution in [3.8, 4) is 0 Å². The van der Waals surface area contributed by atoms with Crippen LogP contribution in [0.4, 0.5) is 0 Å². The Hall–Kier alpha value is -1.33. The van der Waals surface area contributed by atoms with E-state index in [1.165, 1.54) is 0 Å². The van der Waals surface area contributed by atoms with Crippen LogP contribution >= 0.6 is 0 Å². The molecule has 0 amide bonds. The lowest BCUT2D eigenvalue weighted by Crippen LogP contribution is -2.63. The van der Waals surface area contributed by atoms with Crippen LogP contribution in [0.1, 0.15) is 33.1 Å². The first-order valence-corrected chi connectivity index (χ1v) is 9.08. The highest BCUT2D eigenvalue weighted by atomic mass is 16.7. The van der Waals surface area contributed by atoms with Gasteiger partial charge in [-0.25, -0.2) is 0 Å². The van der Waals surface area contributed by atoms with E-state index >= 15 is 0 Å². The Morgan fingerprint density at radius 2 is 2.12 bits per heavy atom. The highest BCUT2D eigenvalue weighted by Crippen LogP contribution is 2.75. The summed E-state index contributed by atoms with van der Waals surface area (Å²) in [6, 6.07) is 0. The second-order valence-corrected chi connectivity index (χ2v) is 8.54. The van der Waals surface area contributed by atoms with Crippen LogP contribution in [-0.4, -0.2) is 38.7 Å². The Labute approximate surface area is 149 Å². The fourth-order valence-corrected chi connectivity index (χ4v) is 6.25. The van der Waals surface area contributed by atoms with Gasteiger partial charge in [0.2, 0.25) is 0 Å². The molecule has 1 spiro atoms. The summed E-state index contributed by atoms with van der Waals surface area (Å²) in [5.41, 5.74) is -1.17. The first-order chi connectivity index (χ1) is 11.8. The van der Waals surface area contributed by atoms with Gasteiger partial charge in [-0.15, -0.1) is 0 Å². The lowest BCUT2D eigenvalue weighted by atomic mass is 9.54. The molecule has 3 aliphatic carbocycles. The average Bonchev–Trinajstić information content (AvgIpc) is 2.97. The van der Waals surface area contributed by atoms with Crippen molar-refractivity contribution in [2.24, 2.45) is 28.6 Å². The molecule has 1 aliphatic heterocycles. The van der Waals surface area contributed by atoms with Gasteiger partial charge >= 0.3 is 5.97 Å². The van der Waals surface area contributed by atoms with Gasteiger partial charge in [-0.1, -0.05) is 32.6 Å². The zero-order chi connectivity index (χ0) is 18.0. The van der Waals surface area contributed by atoms with Crippen molar-refractivity contribution < 1.29 is 23.7 Å². The molecule has 0 unspecified atom stereocenters. The molecule has 5 heteroatoms. The summed E-state index contributed by atoms with van der Waals surface area (Å²) in [6.07, 6.45) is 6.07. The van der Waals surface area contributed by atoms with E-state index in [1.54, 1.807) is 14.2 Å². The van der Waals surface area contributed by atoms with Crippen LogP contribution in [0.25, 0.3) is 0 Å². The van der Waals surface area contributed by atoms with E-state index in [2.05, 4.69) is 32.6 Å². The molecular formula is C20H28O5. The largest absolute Gasteiger partial charge is 0.501 e. The number of hydrogen-bond donors (Lipinski definition) is 0. The quantitative estimate of drug-likeness (QED) is 0.331. The summed E-state index contributed by atoms with van der Waals surface area (Å²) in [5, 5.41) is 0. The van der Waals surface area contributed by atoms with Crippen LogP contribution in [0.5, 0.6) is 0 Å². The van der Waals surface area contributed by atoms with Crippen molar-refractivity contribution in [1.29, 1.82) is 0 Å². The van der Waals surface area contributed by atoms with E-state index in [0.717, 1.165) is 12.8 Å².